The summed E-state index contributed by atoms with van der Waals surface area (Å²) in [4.78, 5) is 10.3. The second-order valence-corrected chi connectivity index (χ2v) is 9.17. The minimum Gasteiger partial charge on any atom is -0.473 e. The molecule has 3 fully saturated rings. The highest BCUT2D eigenvalue weighted by atomic mass is 19.1. The van der Waals surface area contributed by atoms with Gasteiger partial charge in [0.1, 0.15) is 11.8 Å². The number of pyridine rings is 1. The van der Waals surface area contributed by atoms with E-state index in [1.165, 1.54) is 6.07 Å². The standard InChI is InChI=1S/C24H24FN3O4/c25-15-10-16-22(20-14-9-17(29)23-19(14)18(11-31-23)32-24(20)26-16)27-21(15)12-1-3-13(4-2-12)28-5-7-30-8-6-28/h1-4,10,14,17-19,23,26,29H,5-9,11H2/t14?,17-,18-,19+,23?/m1/s1. The summed E-state index contributed by atoms with van der Waals surface area (Å²) >= 11 is 0. The molecule has 2 unspecified atom stereocenters. The molecule has 7 nitrogen and oxygen atoms in total. The van der Waals surface area contributed by atoms with Crippen LogP contribution in [0.2, 0.25) is 0 Å². The van der Waals surface area contributed by atoms with Crippen molar-refractivity contribution in [2.75, 3.05) is 37.8 Å². The third-order valence-electron chi connectivity index (χ3n) is 7.48. The van der Waals surface area contributed by atoms with Gasteiger partial charge in [-0.2, -0.15) is 0 Å². The Kier molecular flexibility index (Phi) is 4.07. The van der Waals surface area contributed by atoms with Crippen LogP contribution in [0.3, 0.4) is 0 Å². The summed E-state index contributed by atoms with van der Waals surface area (Å²) in [5, 5.41) is 10.5. The largest absolute Gasteiger partial charge is 0.473 e. The van der Waals surface area contributed by atoms with Crippen molar-refractivity contribution in [2.24, 2.45) is 5.92 Å². The van der Waals surface area contributed by atoms with Gasteiger partial charge in [-0.15, -0.1) is 0 Å². The summed E-state index contributed by atoms with van der Waals surface area (Å²) in [5.41, 5.74) is 4.45. The average molecular weight is 437 g/mol. The maximum atomic E-state index is 15.1. The van der Waals surface area contributed by atoms with Crippen LogP contribution in [0.1, 0.15) is 17.9 Å². The number of aliphatic hydroxyl groups is 1. The number of rotatable bonds is 2. The molecule has 0 spiro atoms. The van der Waals surface area contributed by atoms with Gasteiger partial charge in [0.2, 0.25) is 0 Å². The lowest BCUT2D eigenvalue weighted by molar-refractivity contribution is 0.00514. The third-order valence-corrected chi connectivity index (χ3v) is 7.48. The summed E-state index contributed by atoms with van der Waals surface area (Å²) in [5.74, 6) is 0.466. The second-order valence-electron chi connectivity index (χ2n) is 9.17. The van der Waals surface area contributed by atoms with Crippen molar-refractivity contribution in [3.05, 3.63) is 41.7 Å². The van der Waals surface area contributed by atoms with Gasteiger partial charge in [-0.1, -0.05) is 12.1 Å². The fourth-order valence-corrected chi connectivity index (χ4v) is 6.00. The van der Waals surface area contributed by atoms with Gasteiger partial charge in [-0.05, 0) is 18.6 Å². The first-order chi connectivity index (χ1) is 15.7. The quantitative estimate of drug-likeness (QED) is 0.642. The van der Waals surface area contributed by atoms with Gasteiger partial charge in [-0.25, -0.2) is 9.37 Å². The number of nitrogens with one attached hydrogen (secondary N) is 1. The number of halogens is 1. The summed E-state index contributed by atoms with van der Waals surface area (Å²) in [6, 6.07) is 9.38. The molecule has 0 radical (unpaired) electrons. The van der Waals surface area contributed by atoms with E-state index in [1.54, 1.807) is 0 Å². The summed E-state index contributed by atoms with van der Waals surface area (Å²) < 4.78 is 32.5. The van der Waals surface area contributed by atoms with Gasteiger partial charge in [0.15, 0.2) is 11.7 Å². The van der Waals surface area contributed by atoms with Crippen molar-refractivity contribution in [2.45, 2.75) is 30.7 Å². The zero-order valence-electron chi connectivity index (χ0n) is 17.5. The fourth-order valence-electron chi connectivity index (χ4n) is 6.00. The van der Waals surface area contributed by atoms with Gasteiger partial charge >= 0.3 is 0 Å². The first-order valence-electron chi connectivity index (χ1n) is 11.3. The predicted octanol–water partition coefficient (Wildman–Crippen LogP) is 2.83. The molecule has 1 saturated carbocycles. The Morgan fingerprint density at radius 3 is 2.78 bits per heavy atom. The summed E-state index contributed by atoms with van der Waals surface area (Å²) in [6.45, 7) is 3.62. The van der Waals surface area contributed by atoms with Crippen LogP contribution in [-0.2, 0) is 9.47 Å². The van der Waals surface area contributed by atoms with E-state index >= 15 is 4.39 Å². The van der Waals surface area contributed by atoms with Crippen LogP contribution in [0.4, 0.5) is 10.1 Å². The maximum absolute atomic E-state index is 15.1. The molecule has 32 heavy (non-hydrogen) atoms. The van der Waals surface area contributed by atoms with Gasteiger partial charge < -0.3 is 29.2 Å². The number of fused-ring (bicyclic) bond motifs is 4. The van der Waals surface area contributed by atoms with E-state index in [1.807, 2.05) is 24.3 Å². The van der Waals surface area contributed by atoms with E-state index in [0.717, 1.165) is 48.6 Å². The zero-order chi connectivity index (χ0) is 21.4. The van der Waals surface area contributed by atoms with Crippen LogP contribution in [-0.4, -0.2) is 66.3 Å². The molecule has 4 aliphatic rings. The van der Waals surface area contributed by atoms with Gasteiger partial charge in [0, 0.05) is 47.8 Å². The maximum Gasteiger partial charge on any atom is 0.197 e. The molecule has 1 aliphatic carbocycles. The van der Waals surface area contributed by atoms with Gasteiger partial charge in [0.25, 0.3) is 0 Å². The molecule has 5 heterocycles. The first kappa shape index (κ1) is 18.8. The monoisotopic (exact) mass is 437 g/mol. The van der Waals surface area contributed by atoms with Crippen molar-refractivity contribution < 1.29 is 23.7 Å². The van der Waals surface area contributed by atoms with Crippen molar-refractivity contribution in [3.8, 4) is 17.1 Å². The molecule has 2 N–H and O–H groups in total. The predicted molar refractivity (Wildman–Crippen MR) is 116 cm³/mol. The third kappa shape index (κ3) is 2.66. The molecular formula is C24H24FN3O4. The molecule has 2 saturated heterocycles. The Hall–Kier alpha value is -2.68. The number of nitrogens with zero attached hydrogens (tertiary/aromatic N) is 2. The van der Waals surface area contributed by atoms with E-state index in [2.05, 4.69) is 9.88 Å². The lowest BCUT2D eigenvalue weighted by Gasteiger charge is -2.29. The molecule has 5 atom stereocenters. The fraction of sp³-hybridized carbons (Fsp3) is 0.458. The second kappa shape index (κ2) is 6.91. The first-order valence-corrected chi connectivity index (χ1v) is 11.3. The highest BCUT2D eigenvalue weighted by Gasteiger charge is 2.56. The minimum absolute atomic E-state index is 0.0836. The van der Waals surface area contributed by atoms with E-state index in [0.29, 0.717) is 30.1 Å². The van der Waals surface area contributed by atoms with E-state index in [4.69, 9.17) is 19.2 Å². The number of hydrogen-bond donors (Lipinski definition) is 2. The van der Waals surface area contributed by atoms with Gasteiger partial charge in [-0.3, -0.25) is 0 Å². The van der Waals surface area contributed by atoms with Crippen molar-refractivity contribution in [1.29, 1.82) is 0 Å². The Morgan fingerprint density at radius 1 is 1.16 bits per heavy atom. The van der Waals surface area contributed by atoms with Crippen molar-refractivity contribution in [1.82, 2.24) is 9.97 Å². The highest BCUT2D eigenvalue weighted by Crippen LogP contribution is 2.54. The summed E-state index contributed by atoms with van der Waals surface area (Å²) in [6.07, 6.45) is -0.185. The molecule has 1 aromatic carbocycles. The van der Waals surface area contributed by atoms with Crippen LogP contribution in [0.25, 0.3) is 22.3 Å². The average Bonchev–Trinajstić information content (AvgIpc) is 3.49. The Balaban J connectivity index is 1.29. The van der Waals surface area contributed by atoms with Crippen LogP contribution in [0.5, 0.6) is 5.88 Å². The number of ether oxygens (including phenoxy) is 3. The Bertz CT molecular complexity index is 1190. The van der Waals surface area contributed by atoms with E-state index in [9.17, 15) is 5.11 Å². The molecule has 7 rings (SSSR count). The Morgan fingerprint density at radius 2 is 1.97 bits per heavy atom. The van der Waals surface area contributed by atoms with Crippen LogP contribution in [0, 0.1) is 11.7 Å². The lowest BCUT2D eigenvalue weighted by atomic mass is 9.84. The number of morpholine rings is 1. The molecular weight excluding hydrogens is 413 g/mol. The molecule has 0 amide bonds. The molecule has 0 bridgehead atoms. The zero-order valence-corrected chi connectivity index (χ0v) is 17.5. The normalized spacial score (nSPS) is 30.9. The SMILES string of the molecule is O[C@@H]1CC2c3c([nH]c4cc(F)c(-c5ccc(N6CCOCC6)cc5)nc34)O[C@@H]3COC1[C@@H]23. The molecule has 166 valence electrons. The van der Waals surface area contributed by atoms with Gasteiger partial charge in [0.05, 0.1) is 43.1 Å². The number of hydrogen-bond acceptors (Lipinski definition) is 6. The number of anilines is 1. The molecule has 8 heteroatoms. The van der Waals surface area contributed by atoms with Crippen molar-refractivity contribution in [3.63, 3.8) is 0 Å². The molecule has 2 aromatic heterocycles. The highest BCUT2D eigenvalue weighted by molar-refractivity contribution is 5.86. The van der Waals surface area contributed by atoms with E-state index in [-0.39, 0.29) is 29.9 Å². The van der Waals surface area contributed by atoms with Crippen LogP contribution < -0.4 is 9.64 Å². The van der Waals surface area contributed by atoms with E-state index < -0.39 is 6.10 Å². The summed E-state index contributed by atoms with van der Waals surface area (Å²) in [7, 11) is 0. The molecule has 3 aromatic rings. The van der Waals surface area contributed by atoms with Crippen LogP contribution in [0.15, 0.2) is 30.3 Å². The number of benzene rings is 1. The number of aliphatic hydroxyl groups excluding tert-OH is 1. The topological polar surface area (TPSA) is 79.8 Å². The van der Waals surface area contributed by atoms with Crippen molar-refractivity contribution >= 4 is 16.7 Å². The number of H-pyrrole nitrogens is 1. The Labute approximate surface area is 184 Å². The molecule has 3 aliphatic heterocycles. The smallest absolute Gasteiger partial charge is 0.197 e. The number of aromatic amines is 1. The lowest BCUT2D eigenvalue weighted by Crippen LogP contribution is -2.36. The minimum atomic E-state index is -0.512. The number of aromatic nitrogens is 2. The van der Waals surface area contributed by atoms with Crippen LogP contribution >= 0.6 is 0 Å².